The molecule has 0 aromatic carbocycles. The zero-order chi connectivity index (χ0) is 13.7. The van der Waals surface area contributed by atoms with Crippen molar-refractivity contribution in [2.45, 2.75) is 19.8 Å². The Morgan fingerprint density at radius 3 is 2.63 bits per heavy atom. The molecule has 5 heteroatoms. The number of hydrogen-bond donors (Lipinski definition) is 1. The minimum absolute atomic E-state index is 0.0906. The largest absolute Gasteiger partial charge is 0.469 e. The first-order valence-electron chi connectivity index (χ1n) is 6.98. The molecule has 0 saturated carbocycles. The zero-order valence-corrected chi connectivity index (χ0v) is 11.6. The quantitative estimate of drug-likeness (QED) is 0.809. The lowest BCUT2D eigenvalue weighted by molar-refractivity contribution is 0.0634. The third-order valence-electron chi connectivity index (χ3n) is 3.68. The average Bonchev–Trinajstić information content (AvgIpc) is 2.85. The summed E-state index contributed by atoms with van der Waals surface area (Å²) >= 11 is 0. The summed E-state index contributed by atoms with van der Waals surface area (Å²) in [5, 5.41) is 0. The van der Waals surface area contributed by atoms with Gasteiger partial charge in [-0.3, -0.25) is 9.69 Å². The Balaban J connectivity index is 1.80. The van der Waals surface area contributed by atoms with Gasteiger partial charge in [0.15, 0.2) is 0 Å². The first kappa shape index (κ1) is 14.1. The topological polar surface area (TPSA) is 62.7 Å². The van der Waals surface area contributed by atoms with E-state index in [1.165, 1.54) is 0 Å². The van der Waals surface area contributed by atoms with Crippen molar-refractivity contribution in [2.24, 2.45) is 5.73 Å². The standard InChI is InChI=1S/C14H23N3O2/c1-12-13(4-11-19-12)14(18)17-9-7-16(8-10-17)6-3-2-5-15/h4,11H,2-3,5-10,15H2,1H3. The number of nitrogens with zero attached hydrogens (tertiary/aromatic N) is 2. The van der Waals surface area contributed by atoms with Gasteiger partial charge in [-0.25, -0.2) is 0 Å². The van der Waals surface area contributed by atoms with Crippen molar-refractivity contribution in [3.05, 3.63) is 23.7 Å². The minimum atomic E-state index is 0.0906. The number of carbonyl (C=O) groups is 1. The summed E-state index contributed by atoms with van der Waals surface area (Å²) in [5.41, 5.74) is 6.19. The van der Waals surface area contributed by atoms with Gasteiger partial charge >= 0.3 is 0 Å². The lowest BCUT2D eigenvalue weighted by Gasteiger charge is -2.34. The van der Waals surface area contributed by atoms with Gasteiger partial charge in [-0.05, 0) is 38.9 Å². The van der Waals surface area contributed by atoms with Crippen LogP contribution in [0.5, 0.6) is 0 Å². The van der Waals surface area contributed by atoms with E-state index in [0.717, 1.165) is 52.1 Å². The number of unbranched alkanes of at least 4 members (excludes halogenated alkanes) is 1. The van der Waals surface area contributed by atoms with Crippen LogP contribution in [-0.2, 0) is 0 Å². The Kier molecular flexibility index (Phi) is 4.99. The lowest BCUT2D eigenvalue weighted by Crippen LogP contribution is -2.48. The van der Waals surface area contributed by atoms with E-state index in [2.05, 4.69) is 4.90 Å². The summed E-state index contributed by atoms with van der Waals surface area (Å²) in [6, 6.07) is 1.76. The highest BCUT2D eigenvalue weighted by Gasteiger charge is 2.23. The van der Waals surface area contributed by atoms with Crippen LogP contribution < -0.4 is 5.73 Å². The van der Waals surface area contributed by atoms with Crippen LogP contribution in [0.3, 0.4) is 0 Å². The van der Waals surface area contributed by atoms with Crippen LogP contribution in [0.1, 0.15) is 29.0 Å². The van der Waals surface area contributed by atoms with Gasteiger partial charge in [0.05, 0.1) is 11.8 Å². The van der Waals surface area contributed by atoms with Crippen molar-refractivity contribution in [3.8, 4) is 0 Å². The lowest BCUT2D eigenvalue weighted by atomic mass is 10.2. The van der Waals surface area contributed by atoms with Gasteiger partial charge in [-0.15, -0.1) is 0 Å². The smallest absolute Gasteiger partial charge is 0.257 e. The molecule has 19 heavy (non-hydrogen) atoms. The molecule has 1 saturated heterocycles. The summed E-state index contributed by atoms with van der Waals surface area (Å²) in [4.78, 5) is 16.6. The van der Waals surface area contributed by atoms with Gasteiger partial charge in [0, 0.05) is 26.2 Å². The second-order valence-electron chi connectivity index (χ2n) is 5.02. The molecule has 0 radical (unpaired) electrons. The number of carbonyl (C=O) groups excluding carboxylic acids is 1. The monoisotopic (exact) mass is 265 g/mol. The van der Waals surface area contributed by atoms with Crippen molar-refractivity contribution in [3.63, 3.8) is 0 Å². The van der Waals surface area contributed by atoms with Crippen LogP contribution in [0.15, 0.2) is 16.7 Å². The summed E-state index contributed by atoms with van der Waals surface area (Å²) in [6.07, 6.45) is 3.80. The Hall–Kier alpha value is -1.33. The van der Waals surface area contributed by atoms with E-state index >= 15 is 0 Å². The molecule has 1 aliphatic rings. The van der Waals surface area contributed by atoms with E-state index in [9.17, 15) is 4.79 Å². The Morgan fingerprint density at radius 2 is 2.05 bits per heavy atom. The molecule has 0 aliphatic carbocycles. The number of amides is 1. The van der Waals surface area contributed by atoms with Crippen molar-refractivity contribution in [1.29, 1.82) is 0 Å². The number of furan rings is 1. The van der Waals surface area contributed by atoms with E-state index in [0.29, 0.717) is 11.3 Å². The molecule has 2 heterocycles. The van der Waals surface area contributed by atoms with Crippen LogP contribution >= 0.6 is 0 Å². The Morgan fingerprint density at radius 1 is 1.32 bits per heavy atom. The maximum atomic E-state index is 12.3. The normalized spacial score (nSPS) is 16.8. The maximum absolute atomic E-state index is 12.3. The Labute approximate surface area is 114 Å². The zero-order valence-electron chi connectivity index (χ0n) is 11.6. The molecule has 5 nitrogen and oxygen atoms in total. The fraction of sp³-hybridized carbons (Fsp3) is 0.643. The van der Waals surface area contributed by atoms with E-state index in [4.69, 9.17) is 10.2 Å². The summed E-state index contributed by atoms with van der Waals surface area (Å²) in [7, 11) is 0. The fourth-order valence-electron chi connectivity index (χ4n) is 2.43. The summed E-state index contributed by atoms with van der Waals surface area (Å²) in [6.45, 7) is 7.18. The molecule has 106 valence electrons. The van der Waals surface area contributed by atoms with Gasteiger partial charge in [-0.1, -0.05) is 0 Å². The molecule has 1 aromatic heterocycles. The number of piperazine rings is 1. The highest BCUT2D eigenvalue weighted by atomic mass is 16.3. The van der Waals surface area contributed by atoms with Gasteiger partial charge in [0.25, 0.3) is 5.91 Å². The highest BCUT2D eigenvalue weighted by Crippen LogP contribution is 2.14. The average molecular weight is 265 g/mol. The maximum Gasteiger partial charge on any atom is 0.257 e. The Bertz CT molecular complexity index is 409. The first-order chi connectivity index (χ1) is 9.22. The number of hydrogen-bond acceptors (Lipinski definition) is 4. The van der Waals surface area contributed by atoms with Crippen molar-refractivity contribution < 1.29 is 9.21 Å². The predicted octanol–water partition coefficient (Wildman–Crippen LogP) is 1.08. The molecule has 1 aromatic rings. The molecule has 1 fully saturated rings. The van der Waals surface area contributed by atoms with Crippen LogP contribution in [0.2, 0.25) is 0 Å². The molecule has 2 rings (SSSR count). The number of rotatable bonds is 5. The van der Waals surface area contributed by atoms with E-state index in [1.807, 2.05) is 11.8 Å². The third-order valence-corrected chi connectivity index (χ3v) is 3.68. The molecule has 0 spiro atoms. The van der Waals surface area contributed by atoms with Gasteiger partial charge in [0.2, 0.25) is 0 Å². The first-order valence-corrected chi connectivity index (χ1v) is 6.98. The molecule has 0 atom stereocenters. The predicted molar refractivity (Wildman–Crippen MR) is 74.1 cm³/mol. The van der Waals surface area contributed by atoms with E-state index in [-0.39, 0.29) is 5.91 Å². The minimum Gasteiger partial charge on any atom is -0.469 e. The van der Waals surface area contributed by atoms with Crippen molar-refractivity contribution in [2.75, 3.05) is 39.3 Å². The highest BCUT2D eigenvalue weighted by molar-refractivity contribution is 5.95. The summed E-state index contributed by atoms with van der Waals surface area (Å²) < 4.78 is 5.19. The molecule has 1 aliphatic heterocycles. The van der Waals surface area contributed by atoms with Gasteiger partial charge in [-0.2, -0.15) is 0 Å². The van der Waals surface area contributed by atoms with Crippen molar-refractivity contribution in [1.82, 2.24) is 9.80 Å². The van der Waals surface area contributed by atoms with Crippen LogP contribution in [-0.4, -0.2) is 55.0 Å². The molecule has 1 amide bonds. The van der Waals surface area contributed by atoms with Gasteiger partial charge < -0.3 is 15.1 Å². The summed E-state index contributed by atoms with van der Waals surface area (Å²) in [5.74, 6) is 0.795. The molecular formula is C14H23N3O2. The molecule has 0 unspecified atom stereocenters. The fourth-order valence-corrected chi connectivity index (χ4v) is 2.43. The molecular weight excluding hydrogens is 242 g/mol. The molecule has 0 bridgehead atoms. The third kappa shape index (κ3) is 3.58. The van der Waals surface area contributed by atoms with Crippen LogP contribution in [0.4, 0.5) is 0 Å². The second-order valence-corrected chi connectivity index (χ2v) is 5.02. The van der Waals surface area contributed by atoms with Crippen LogP contribution in [0, 0.1) is 6.92 Å². The van der Waals surface area contributed by atoms with Gasteiger partial charge in [0.1, 0.15) is 5.76 Å². The number of nitrogens with two attached hydrogens (primary N) is 1. The SMILES string of the molecule is Cc1occc1C(=O)N1CCN(CCCCN)CC1. The van der Waals surface area contributed by atoms with E-state index < -0.39 is 0 Å². The molecule has 2 N–H and O–H groups in total. The second kappa shape index (κ2) is 6.73. The number of aryl methyl sites for hydroxylation is 1. The van der Waals surface area contributed by atoms with Crippen molar-refractivity contribution >= 4 is 5.91 Å². The van der Waals surface area contributed by atoms with Crippen LogP contribution in [0.25, 0.3) is 0 Å². The van der Waals surface area contributed by atoms with E-state index in [1.54, 1.807) is 12.3 Å².